The molecule has 0 atom stereocenters. The molecule has 1 aromatic rings. The third-order valence-electron chi connectivity index (χ3n) is 2.10. The van der Waals surface area contributed by atoms with Gasteiger partial charge in [-0.1, -0.05) is 12.1 Å². The highest BCUT2D eigenvalue weighted by Gasteiger charge is 2.16. The van der Waals surface area contributed by atoms with E-state index in [1.54, 1.807) is 45.0 Å². The van der Waals surface area contributed by atoms with Gasteiger partial charge >= 0.3 is 5.97 Å². The molecule has 1 amide bonds. The molecule has 0 saturated heterocycles. The molecule has 19 heavy (non-hydrogen) atoms. The molecule has 0 aliphatic rings. The predicted octanol–water partition coefficient (Wildman–Crippen LogP) is 2.21. The van der Waals surface area contributed by atoms with Crippen LogP contribution in [0.25, 0.3) is 0 Å². The smallest absolute Gasteiger partial charge is 0.352 e. The number of nitrogens with one attached hydrogen (secondary N) is 1. The van der Waals surface area contributed by atoms with Gasteiger partial charge in [0.15, 0.2) is 0 Å². The highest BCUT2D eigenvalue weighted by molar-refractivity contribution is 5.88. The molecular weight excluding hydrogens is 246 g/mol. The maximum atomic E-state index is 11.7. The van der Waals surface area contributed by atoms with Crippen LogP contribution in [0.3, 0.4) is 0 Å². The standard InChI is InChI=1S/C14H19NO4/c1-10(16)15-9-11-5-7-12(8-6-11)13(17)18-19-14(2,3)4/h5-8H,9H2,1-4H3,(H,15,16). The molecular formula is C14H19NO4. The van der Waals surface area contributed by atoms with Gasteiger partial charge in [-0.2, -0.15) is 4.89 Å². The summed E-state index contributed by atoms with van der Waals surface area (Å²) in [5.74, 6) is -0.636. The minimum Gasteiger partial charge on any atom is -0.352 e. The van der Waals surface area contributed by atoms with Gasteiger partial charge in [-0.25, -0.2) is 4.79 Å². The second-order valence-corrected chi connectivity index (χ2v) is 5.17. The molecule has 0 unspecified atom stereocenters. The molecule has 0 spiro atoms. The summed E-state index contributed by atoms with van der Waals surface area (Å²) >= 11 is 0. The van der Waals surface area contributed by atoms with Crippen LogP contribution in [0.15, 0.2) is 24.3 Å². The van der Waals surface area contributed by atoms with E-state index in [9.17, 15) is 9.59 Å². The molecule has 5 nitrogen and oxygen atoms in total. The van der Waals surface area contributed by atoms with E-state index in [4.69, 9.17) is 9.78 Å². The van der Waals surface area contributed by atoms with Crippen LogP contribution in [0.5, 0.6) is 0 Å². The van der Waals surface area contributed by atoms with E-state index in [1.807, 2.05) is 0 Å². The fourth-order valence-electron chi connectivity index (χ4n) is 1.20. The van der Waals surface area contributed by atoms with Crippen molar-refractivity contribution in [3.63, 3.8) is 0 Å². The van der Waals surface area contributed by atoms with Crippen molar-refractivity contribution in [3.05, 3.63) is 35.4 Å². The van der Waals surface area contributed by atoms with Gasteiger partial charge < -0.3 is 5.32 Å². The van der Waals surface area contributed by atoms with Crippen LogP contribution in [-0.4, -0.2) is 17.5 Å². The van der Waals surface area contributed by atoms with Crippen LogP contribution < -0.4 is 5.32 Å². The van der Waals surface area contributed by atoms with Crippen molar-refractivity contribution in [3.8, 4) is 0 Å². The molecule has 0 aromatic heterocycles. The zero-order valence-corrected chi connectivity index (χ0v) is 11.6. The van der Waals surface area contributed by atoms with Crippen LogP contribution in [0.1, 0.15) is 43.6 Å². The monoisotopic (exact) mass is 265 g/mol. The largest absolute Gasteiger partial charge is 0.373 e. The van der Waals surface area contributed by atoms with Gasteiger partial charge in [-0.15, -0.1) is 0 Å². The highest BCUT2D eigenvalue weighted by atomic mass is 17.2. The fourth-order valence-corrected chi connectivity index (χ4v) is 1.20. The Kier molecular flexibility index (Phi) is 5.06. The average Bonchev–Trinajstić information content (AvgIpc) is 2.33. The van der Waals surface area contributed by atoms with Crippen molar-refractivity contribution in [2.24, 2.45) is 0 Å². The van der Waals surface area contributed by atoms with Gasteiger partial charge in [-0.05, 0) is 38.5 Å². The van der Waals surface area contributed by atoms with Gasteiger partial charge in [0.05, 0.1) is 5.56 Å². The topological polar surface area (TPSA) is 64.6 Å². The molecule has 5 heteroatoms. The van der Waals surface area contributed by atoms with Crippen LogP contribution in [0.4, 0.5) is 0 Å². The molecule has 1 rings (SSSR count). The number of benzene rings is 1. The van der Waals surface area contributed by atoms with Crippen LogP contribution in [-0.2, 0) is 21.1 Å². The first-order valence-corrected chi connectivity index (χ1v) is 6.01. The molecule has 0 heterocycles. The van der Waals surface area contributed by atoms with Crippen molar-refractivity contribution in [1.29, 1.82) is 0 Å². The van der Waals surface area contributed by atoms with Gasteiger partial charge in [-0.3, -0.25) is 9.68 Å². The number of rotatable bonds is 4. The van der Waals surface area contributed by atoms with Crippen LogP contribution in [0.2, 0.25) is 0 Å². The second-order valence-electron chi connectivity index (χ2n) is 5.17. The molecule has 0 radical (unpaired) electrons. The van der Waals surface area contributed by atoms with Crippen molar-refractivity contribution < 1.29 is 19.4 Å². The summed E-state index contributed by atoms with van der Waals surface area (Å²) in [5.41, 5.74) is 0.764. The summed E-state index contributed by atoms with van der Waals surface area (Å²) in [5, 5.41) is 2.68. The van der Waals surface area contributed by atoms with E-state index < -0.39 is 11.6 Å². The lowest BCUT2D eigenvalue weighted by Gasteiger charge is -2.16. The van der Waals surface area contributed by atoms with E-state index in [-0.39, 0.29) is 5.91 Å². The second kappa shape index (κ2) is 6.33. The molecule has 0 saturated carbocycles. The number of carbonyl (C=O) groups excluding carboxylic acids is 2. The lowest BCUT2D eigenvalue weighted by molar-refractivity contribution is -0.301. The van der Waals surface area contributed by atoms with Crippen molar-refractivity contribution in [1.82, 2.24) is 5.32 Å². The predicted molar refractivity (Wildman–Crippen MR) is 70.2 cm³/mol. The maximum Gasteiger partial charge on any atom is 0.373 e. The minimum atomic E-state index is -0.541. The summed E-state index contributed by atoms with van der Waals surface area (Å²) in [7, 11) is 0. The normalized spacial score (nSPS) is 10.9. The van der Waals surface area contributed by atoms with Crippen molar-refractivity contribution in [2.75, 3.05) is 0 Å². The Morgan fingerprint density at radius 2 is 1.74 bits per heavy atom. The van der Waals surface area contributed by atoms with Crippen LogP contribution >= 0.6 is 0 Å². The Hall–Kier alpha value is -1.88. The summed E-state index contributed by atoms with van der Waals surface area (Å²) in [6.45, 7) is 7.25. The Morgan fingerprint density at radius 3 is 2.21 bits per heavy atom. The summed E-state index contributed by atoms with van der Waals surface area (Å²) in [4.78, 5) is 32.1. The SMILES string of the molecule is CC(=O)NCc1ccc(C(=O)OOC(C)(C)C)cc1. The molecule has 1 aromatic carbocycles. The van der Waals surface area contributed by atoms with Gasteiger partial charge in [0, 0.05) is 13.5 Å². The summed E-state index contributed by atoms with van der Waals surface area (Å²) in [6, 6.07) is 6.77. The zero-order valence-electron chi connectivity index (χ0n) is 11.6. The quantitative estimate of drug-likeness (QED) is 0.669. The lowest BCUT2D eigenvalue weighted by Crippen LogP contribution is -2.22. The number of hydrogen-bond donors (Lipinski definition) is 1. The minimum absolute atomic E-state index is 0.0953. The molecule has 0 aliphatic heterocycles. The Morgan fingerprint density at radius 1 is 1.16 bits per heavy atom. The molecule has 1 N–H and O–H groups in total. The highest BCUT2D eigenvalue weighted by Crippen LogP contribution is 2.11. The van der Waals surface area contributed by atoms with E-state index in [0.717, 1.165) is 5.56 Å². The van der Waals surface area contributed by atoms with E-state index in [0.29, 0.717) is 12.1 Å². The van der Waals surface area contributed by atoms with Crippen molar-refractivity contribution in [2.45, 2.75) is 39.8 Å². The van der Waals surface area contributed by atoms with Gasteiger partial charge in [0.2, 0.25) is 5.91 Å². The summed E-state index contributed by atoms with van der Waals surface area (Å²) in [6.07, 6.45) is 0. The number of carbonyl (C=O) groups is 2. The van der Waals surface area contributed by atoms with E-state index in [1.165, 1.54) is 6.92 Å². The Balaban J connectivity index is 2.55. The van der Waals surface area contributed by atoms with Crippen molar-refractivity contribution >= 4 is 11.9 Å². The first-order chi connectivity index (χ1) is 8.78. The third-order valence-corrected chi connectivity index (χ3v) is 2.10. The average molecular weight is 265 g/mol. The Labute approximate surface area is 112 Å². The third kappa shape index (κ3) is 6.01. The number of amides is 1. The lowest BCUT2D eigenvalue weighted by atomic mass is 10.1. The first kappa shape index (κ1) is 15.2. The zero-order chi connectivity index (χ0) is 14.5. The summed E-state index contributed by atoms with van der Waals surface area (Å²) < 4.78 is 0. The molecule has 0 bridgehead atoms. The van der Waals surface area contributed by atoms with E-state index >= 15 is 0 Å². The Bertz CT molecular complexity index is 446. The maximum absolute atomic E-state index is 11.7. The first-order valence-electron chi connectivity index (χ1n) is 6.01. The van der Waals surface area contributed by atoms with E-state index in [2.05, 4.69) is 5.32 Å². The fraction of sp³-hybridized carbons (Fsp3) is 0.429. The van der Waals surface area contributed by atoms with Gasteiger partial charge in [0.25, 0.3) is 0 Å². The van der Waals surface area contributed by atoms with Gasteiger partial charge in [0.1, 0.15) is 5.60 Å². The molecule has 104 valence electrons. The number of hydrogen-bond acceptors (Lipinski definition) is 4. The molecule has 0 aliphatic carbocycles. The van der Waals surface area contributed by atoms with Crippen LogP contribution in [0, 0.1) is 0 Å². The molecule has 0 fully saturated rings.